The van der Waals surface area contributed by atoms with Crippen molar-refractivity contribution in [3.63, 3.8) is 0 Å². The molecule has 0 saturated heterocycles. The normalized spacial score (nSPS) is 9.82. The maximum absolute atomic E-state index is 5.20. The zero-order valence-corrected chi connectivity index (χ0v) is 12.2. The fourth-order valence-electron chi connectivity index (χ4n) is 1.18. The lowest BCUT2D eigenvalue weighted by Gasteiger charge is -2.11. The maximum Gasteiger partial charge on any atom is 0.170 e. The number of hydrogen-bond acceptors (Lipinski definition) is 3. The molecule has 17 heavy (non-hydrogen) atoms. The van der Waals surface area contributed by atoms with Crippen LogP contribution in [0.25, 0.3) is 0 Å². The van der Waals surface area contributed by atoms with E-state index in [1.165, 1.54) is 0 Å². The van der Waals surface area contributed by atoms with Gasteiger partial charge in [-0.05, 0) is 40.3 Å². The minimum Gasteiger partial charge on any atom is -0.495 e. The van der Waals surface area contributed by atoms with Gasteiger partial charge in [-0.3, -0.25) is 0 Å². The first kappa shape index (κ1) is 14.2. The predicted octanol–water partition coefficient (Wildman–Crippen LogP) is 2.39. The Balaban J connectivity index is 2.53. The third kappa shape index (κ3) is 4.89. The van der Waals surface area contributed by atoms with Crippen LogP contribution in [0.3, 0.4) is 0 Å². The summed E-state index contributed by atoms with van der Waals surface area (Å²) >= 11 is 8.52. The monoisotopic (exact) mass is 318 g/mol. The van der Waals surface area contributed by atoms with E-state index in [2.05, 4.69) is 26.6 Å². The number of hydrogen-bond donors (Lipinski definition) is 2. The largest absolute Gasteiger partial charge is 0.495 e. The van der Waals surface area contributed by atoms with Crippen molar-refractivity contribution in [1.29, 1.82) is 0 Å². The molecule has 6 heteroatoms. The standard InChI is InChI=1S/C11H15BrN2O2S/c1-15-6-5-13-11(17)14-8-3-4-9(12)10(7-8)16-2/h3-4,7H,5-6H2,1-2H3,(H2,13,14,17). The summed E-state index contributed by atoms with van der Waals surface area (Å²) in [5.74, 6) is 0.759. The molecule has 0 aliphatic heterocycles. The number of thiocarbonyl (C=S) groups is 1. The lowest BCUT2D eigenvalue weighted by Crippen LogP contribution is -2.31. The summed E-state index contributed by atoms with van der Waals surface area (Å²) in [5, 5.41) is 6.66. The van der Waals surface area contributed by atoms with Crippen LogP contribution in [0.15, 0.2) is 22.7 Å². The van der Waals surface area contributed by atoms with Gasteiger partial charge in [0.2, 0.25) is 0 Å². The average molecular weight is 319 g/mol. The Bertz CT molecular complexity index is 388. The van der Waals surface area contributed by atoms with Crippen LogP contribution >= 0.6 is 28.1 Å². The molecule has 0 unspecified atom stereocenters. The maximum atomic E-state index is 5.20. The second kappa shape index (κ2) is 7.47. The smallest absolute Gasteiger partial charge is 0.170 e. The van der Waals surface area contributed by atoms with E-state index >= 15 is 0 Å². The number of methoxy groups -OCH3 is 2. The quantitative estimate of drug-likeness (QED) is 0.644. The summed E-state index contributed by atoms with van der Waals surface area (Å²) in [7, 11) is 3.27. The first-order valence-electron chi connectivity index (χ1n) is 5.04. The molecule has 0 aliphatic carbocycles. The van der Waals surface area contributed by atoms with Crippen molar-refractivity contribution in [3.05, 3.63) is 22.7 Å². The molecule has 2 N–H and O–H groups in total. The van der Waals surface area contributed by atoms with E-state index in [1.54, 1.807) is 14.2 Å². The minimum absolute atomic E-state index is 0.562. The number of nitrogens with one attached hydrogen (secondary N) is 2. The number of halogens is 1. The molecule has 0 atom stereocenters. The topological polar surface area (TPSA) is 42.5 Å². The highest BCUT2D eigenvalue weighted by molar-refractivity contribution is 9.10. The highest BCUT2D eigenvalue weighted by Crippen LogP contribution is 2.27. The third-order valence-electron chi connectivity index (χ3n) is 2.00. The van der Waals surface area contributed by atoms with Crippen molar-refractivity contribution in [1.82, 2.24) is 5.32 Å². The van der Waals surface area contributed by atoms with Crippen molar-refractivity contribution < 1.29 is 9.47 Å². The van der Waals surface area contributed by atoms with Gasteiger partial charge in [-0.2, -0.15) is 0 Å². The average Bonchev–Trinajstić information content (AvgIpc) is 2.32. The molecule has 1 aromatic rings. The zero-order valence-electron chi connectivity index (χ0n) is 9.75. The van der Waals surface area contributed by atoms with Gasteiger partial charge in [0.25, 0.3) is 0 Å². The lowest BCUT2D eigenvalue weighted by molar-refractivity contribution is 0.204. The van der Waals surface area contributed by atoms with Gasteiger partial charge in [-0.1, -0.05) is 0 Å². The first-order valence-corrected chi connectivity index (χ1v) is 6.25. The Kier molecular flexibility index (Phi) is 6.25. The molecule has 4 nitrogen and oxygen atoms in total. The van der Waals surface area contributed by atoms with Crippen molar-refractivity contribution in [2.75, 3.05) is 32.7 Å². The Labute approximate surface area is 115 Å². The molecule has 0 bridgehead atoms. The number of ether oxygens (including phenoxy) is 2. The van der Waals surface area contributed by atoms with Crippen LogP contribution in [-0.4, -0.2) is 32.5 Å². The summed E-state index contributed by atoms with van der Waals surface area (Å²) in [6.45, 7) is 1.29. The van der Waals surface area contributed by atoms with Crippen LogP contribution in [-0.2, 0) is 4.74 Å². The van der Waals surface area contributed by atoms with Gasteiger partial charge in [-0.15, -0.1) is 0 Å². The van der Waals surface area contributed by atoms with E-state index < -0.39 is 0 Å². The van der Waals surface area contributed by atoms with Crippen molar-refractivity contribution in [2.24, 2.45) is 0 Å². The molecule has 1 rings (SSSR count). The molecule has 0 heterocycles. The molecule has 0 fully saturated rings. The number of rotatable bonds is 5. The molecular formula is C11H15BrN2O2S. The van der Waals surface area contributed by atoms with Gasteiger partial charge >= 0.3 is 0 Å². The van der Waals surface area contributed by atoms with Gasteiger partial charge < -0.3 is 20.1 Å². The molecular weight excluding hydrogens is 304 g/mol. The third-order valence-corrected chi connectivity index (χ3v) is 2.90. The van der Waals surface area contributed by atoms with Gasteiger partial charge in [0.15, 0.2) is 5.11 Å². The molecule has 0 amide bonds. The van der Waals surface area contributed by atoms with Crippen LogP contribution in [0.5, 0.6) is 5.75 Å². The van der Waals surface area contributed by atoms with Gasteiger partial charge in [0, 0.05) is 25.4 Å². The second-order valence-electron chi connectivity index (χ2n) is 3.22. The van der Waals surface area contributed by atoms with Crippen LogP contribution < -0.4 is 15.4 Å². The Morgan fingerprint density at radius 3 is 2.82 bits per heavy atom. The summed E-state index contributed by atoms with van der Waals surface area (Å²) in [6.07, 6.45) is 0. The Morgan fingerprint density at radius 1 is 1.41 bits per heavy atom. The predicted molar refractivity (Wildman–Crippen MR) is 76.8 cm³/mol. The summed E-state index contributed by atoms with van der Waals surface area (Å²) < 4.78 is 11.0. The van der Waals surface area contributed by atoms with Gasteiger partial charge in [0.05, 0.1) is 18.2 Å². The van der Waals surface area contributed by atoms with Gasteiger partial charge in [-0.25, -0.2) is 0 Å². The second-order valence-corrected chi connectivity index (χ2v) is 4.49. The SMILES string of the molecule is COCCNC(=S)Nc1ccc(Br)c(OC)c1. The Morgan fingerprint density at radius 2 is 2.18 bits per heavy atom. The highest BCUT2D eigenvalue weighted by atomic mass is 79.9. The molecule has 0 aromatic heterocycles. The first-order chi connectivity index (χ1) is 8.17. The van der Waals surface area contributed by atoms with Crippen molar-refractivity contribution in [2.45, 2.75) is 0 Å². The van der Waals surface area contributed by atoms with Crippen LogP contribution in [0, 0.1) is 0 Å². The molecule has 1 aromatic carbocycles. The van der Waals surface area contributed by atoms with E-state index in [1.807, 2.05) is 18.2 Å². The fraction of sp³-hybridized carbons (Fsp3) is 0.364. The molecule has 0 saturated carbocycles. The van der Waals surface area contributed by atoms with E-state index in [0.29, 0.717) is 18.3 Å². The summed E-state index contributed by atoms with van der Waals surface area (Å²) in [4.78, 5) is 0. The van der Waals surface area contributed by atoms with E-state index in [9.17, 15) is 0 Å². The van der Waals surface area contributed by atoms with Crippen molar-refractivity contribution >= 4 is 38.9 Å². The van der Waals surface area contributed by atoms with E-state index in [4.69, 9.17) is 21.7 Å². The molecule has 0 aliphatic rings. The summed E-state index contributed by atoms with van der Waals surface area (Å²) in [6, 6.07) is 5.68. The van der Waals surface area contributed by atoms with E-state index in [-0.39, 0.29) is 0 Å². The number of benzene rings is 1. The lowest BCUT2D eigenvalue weighted by atomic mass is 10.3. The Hall–Kier alpha value is -0.850. The molecule has 94 valence electrons. The summed E-state index contributed by atoms with van der Waals surface area (Å²) in [5.41, 5.74) is 0.875. The molecule has 0 radical (unpaired) electrons. The van der Waals surface area contributed by atoms with Crippen molar-refractivity contribution in [3.8, 4) is 5.75 Å². The van der Waals surface area contributed by atoms with Crippen LogP contribution in [0.2, 0.25) is 0 Å². The van der Waals surface area contributed by atoms with E-state index in [0.717, 1.165) is 15.9 Å². The van der Waals surface area contributed by atoms with Crippen LogP contribution in [0.1, 0.15) is 0 Å². The van der Waals surface area contributed by atoms with Crippen LogP contribution in [0.4, 0.5) is 5.69 Å². The minimum atomic E-state index is 0.562. The number of anilines is 1. The molecule has 0 spiro atoms. The zero-order chi connectivity index (χ0) is 12.7. The highest BCUT2D eigenvalue weighted by Gasteiger charge is 2.02. The fourth-order valence-corrected chi connectivity index (χ4v) is 1.81. The van der Waals surface area contributed by atoms with Gasteiger partial charge in [0.1, 0.15) is 5.75 Å².